The van der Waals surface area contributed by atoms with Crippen molar-refractivity contribution in [2.75, 3.05) is 39.9 Å². The Bertz CT molecular complexity index is 705. The van der Waals surface area contributed by atoms with Crippen LogP contribution in [0, 0.1) is 0 Å². The molecule has 2 N–H and O–H groups in total. The summed E-state index contributed by atoms with van der Waals surface area (Å²) in [6, 6.07) is 7.12. The highest BCUT2D eigenvalue weighted by Crippen LogP contribution is 2.20. The molecule has 0 aliphatic carbocycles. The van der Waals surface area contributed by atoms with Gasteiger partial charge in [-0.15, -0.1) is 24.0 Å². The van der Waals surface area contributed by atoms with E-state index in [1.807, 2.05) is 19.1 Å². The summed E-state index contributed by atoms with van der Waals surface area (Å²) >= 11 is 0. The second-order valence-corrected chi connectivity index (χ2v) is 8.80. The summed E-state index contributed by atoms with van der Waals surface area (Å²) in [6.45, 7) is 6.21. The van der Waals surface area contributed by atoms with Crippen molar-refractivity contribution in [1.82, 2.24) is 14.9 Å². The average Bonchev–Trinajstić information content (AvgIpc) is 2.73. The minimum Gasteiger partial charge on any atom is -0.382 e. The van der Waals surface area contributed by atoms with Crippen LogP contribution in [0.25, 0.3) is 0 Å². The zero-order valence-electron chi connectivity index (χ0n) is 17.5. The topological polar surface area (TPSA) is 83.0 Å². The highest BCUT2D eigenvalue weighted by Gasteiger charge is 2.25. The number of nitrogens with one attached hydrogen (secondary N) is 2. The van der Waals surface area contributed by atoms with Gasteiger partial charge in [0.2, 0.25) is 10.0 Å². The van der Waals surface area contributed by atoms with Crippen LogP contribution in [-0.2, 0) is 21.3 Å². The maximum absolute atomic E-state index is 12.7. The van der Waals surface area contributed by atoms with Crippen molar-refractivity contribution >= 4 is 40.0 Å². The molecule has 1 aromatic rings. The van der Waals surface area contributed by atoms with Crippen molar-refractivity contribution in [1.29, 1.82) is 0 Å². The third kappa shape index (κ3) is 8.77. The quantitative estimate of drug-likeness (QED) is 0.207. The summed E-state index contributed by atoms with van der Waals surface area (Å²) in [7, 11) is -1.63. The largest absolute Gasteiger partial charge is 0.382 e. The molecule has 0 amide bonds. The van der Waals surface area contributed by atoms with Gasteiger partial charge in [0.1, 0.15) is 0 Å². The molecule has 1 saturated heterocycles. The Morgan fingerprint density at radius 3 is 2.41 bits per heavy atom. The molecule has 0 unspecified atom stereocenters. The van der Waals surface area contributed by atoms with Crippen LogP contribution in [0.3, 0.4) is 0 Å². The summed E-state index contributed by atoms with van der Waals surface area (Å²) in [5.41, 5.74) is 1.01. The molecule has 7 nitrogen and oxygen atoms in total. The van der Waals surface area contributed by atoms with Gasteiger partial charge in [0.15, 0.2) is 5.96 Å². The summed E-state index contributed by atoms with van der Waals surface area (Å²) < 4.78 is 32.3. The van der Waals surface area contributed by atoms with Crippen LogP contribution < -0.4 is 10.6 Å². The lowest BCUT2D eigenvalue weighted by Crippen LogP contribution is -2.37. The molecule has 1 aromatic carbocycles. The van der Waals surface area contributed by atoms with E-state index in [1.165, 1.54) is 0 Å². The number of nitrogens with zero attached hydrogens (tertiary/aromatic N) is 2. The van der Waals surface area contributed by atoms with Gasteiger partial charge in [0.25, 0.3) is 0 Å². The molecule has 0 aromatic heterocycles. The molecule has 29 heavy (non-hydrogen) atoms. The molecule has 0 atom stereocenters. The van der Waals surface area contributed by atoms with E-state index in [2.05, 4.69) is 15.6 Å². The Morgan fingerprint density at radius 2 is 1.79 bits per heavy atom. The fourth-order valence-electron chi connectivity index (χ4n) is 3.12. The molecule has 0 saturated carbocycles. The SMILES string of the molecule is CCOCCCCNC(=NC)NCc1ccc(S(=O)(=O)N2CCCCC2)cc1.I. The highest BCUT2D eigenvalue weighted by atomic mass is 127. The standard InChI is InChI=1S/C20H34N4O3S.HI/c1-3-27-16-8-5-13-22-20(21-2)23-17-18-9-11-19(12-10-18)28(25,26)24-14-6-4-7-15-24;/h9-12H,3-8,13-17H2,1-2H3,(H2,21,22,23);1H. The first-order valence-corrected chi connectivity index (χ1v) is 11.6. The maximum atomic E-state index is 12.7. The van der Waals surface area contributed by atoms with Gasteiger partial charge in [-0.25, -0.2) is 8.42 Å². The number of hydrogen-bond acceptors (Lipinski definition) is 4. The number of sulfonamides is 1. The van der Waals surface area contributed by atoms with Gasteiger partial charge in [-0.05, 0) is 50.3 Å². The second kappa shape index (κ2) is 14.2. The van der Waals surface area contributed by atoms with Crippen molar-refractivity contribution in [3.05, 3.63) is 29.8 Å². The molecule has 1 aliphatic heterocycles. The van der Waals surface area contributed by atoms with Crippen LogP contribution in [0.4, 0.5) is 0 Å². The van der Waals surface area contributed by atoms with Crippen LogP contribution in [-0.4, -0.2) is 58.6 Å². The molecular formula is C20H35IN4O3S. The van der Waals surface area contributed by atoms with Crippen LogP contribution in [0.15, 0.2) is 34.2 Å². The minimum absolute atomic E-state index is 0. The maximum Gasteiger partial charge on any atom is 0.243 e. The van der Waals surface area contributed by atoms with E-state index in [0.29, 0.717) is 24.5 Å². The fourth-order valence-corrected chi connectivity index (χ4v) is 4.64. The van der Waals surface area contributed by atoms with Gasteiger partial charge >= 0.3 is 0 Å². The summed E-state index contributed by atoms with van der Waals surface area (Å²) in [5.74, 6) is 0.737. The Hall–Kier alpha value is -0.910. The summed E-state index contributed by atoms with van der Waals surface area (Å²) in [5, 5.41) is 6.53. The Kier molecular flexibility index (Phi) is 12.8. The van der Waals surface area contributed by atoms with E-state index in [-0.39, 0.29) is 24.0 Å². The third-order valence-electron chi connectivity index (χ3n) is 4.77. The number of unbranched alkanes of at least 4 members (excludes halogenated alkanes) is 1. The molecule has 0 spiro atoms. The predicted molar refractivity (Wildman–Crippen MR) is 128 cm³/mol. The number of rotatable bonds is 10. The zero-order chi connectivity index (χ0) is 20.2. The van der Waals surface area contributed by atoms with Gasteiger partial charge in [-0.2, -0.15) is 4.31 Å². The molecule has 0 radical (unpaired) electrons. The number of benzene rings is 1. The van der Waals surface area contributed by atoms with E-state index in [4.69, 9.17) is 4.74 Å². The number of hydrogen-bond donors (Lipinski definition) is 2. The normalized spacial score (nSPS) is 15.6. The van der Waals surface area contributed by atoms with Crippen molar-refractivity contribution < 1.29 is 13.2 Å². The zero-order valence-corrected chi connectivity index (χ0v) is 20.7. The van der Waals surface area contributed by atoms with Crippen molar-refractivity contribution in [3.8, 4) is 0 Å². The van der Waals surface area contributed by atoms with Crippen LogP contribution in [0.2, 0.25) is 0 Å². The van der Waals surface area contributed by atoms with Gasteiger partial charge < -0.3 is 15.4 Å². The van der Waals surface area contributed by atoms with E-state index in [1.54, 1.807) is 23.5 Å². The molecule has 1 fully saturated rings. The molecule has 166 valence electrons. The monoisotopic (exact) mass is 538 g/mol. The lowest BCUT2D eigenvalue weighted by molar-refractivity contribution is 0.143. The molecule has 9 heteroatoms. The Balaban J connectivity index is 0.00000420. The van der Waals surface area contributed by atoms with Crippen LogP contribution in [0.5, 0.6) is 0 Å². The van der Waals surface area contributed by atoms with Gasteiger partial charge in [-0.3, -0.25) is 4.99 Å². The molecule has 1 heterocycles. The lowest BCUT2D eigenvalue weighted by Gasteiger charge is -2.25. The first-order valence-electron chi connectivity index (χ1n) is 10.2. The van der Waals surface area contributed by atoms with Crippen LogP contribution >= 0.6 is 24.0 Å². The lowest BCUT2D eigenvalue weighted by atomic mass is 10.2. The van der Waals surface area contributed by atoms with E-state index in [9.17, 15) is 8.42 Å². The van der Waals surface area contributed by atoms with Crippen molar-refractivity contribution in [2.45, 2.75) is 50.5 Å². The van der Waals surface area contributed by atoms with Gasteiger partial charge in [0, 0.05) is 46.4 Å². The minimum atomic E-state index is -3.37. The highest BCUT2D eigenvalue weighted by molar-refractivity contribution is 14.0. The van der Waals surface area contributed by atoms with E-state index < -0.39 is 10.0 Å². The second-order valence-electron chi connectivity index (χ2n) is 6.87. The Labute approximate surface area is 192 Å². The van der Waals surface area contributed by atoms with Crippen molar-refractivity contribution in [3.63, 3.8) is 0 Å². The van der Waals surface area contributed by atoms with Crippen LogP contribution in [0.1, 0.15) is 44.6 Å². The predicted octanol–water partition coefficient (Wildman–Crippen LogP) is 2.96. The first-order chi connectivity index (χ1) is 13.6. The molecular weight excluding hydrogens is 503 g/mol. The van der Waals surface area contributed by atoms with Crippen molar-refractivity contribution in [2.24, 2.45) is 4.99 Å². The number of guanidine groups is 1. The number of halogens is 1. The molecule has 1 aliphatic rings. The van der Waals surface area contributed by atoms with Gasteiger partial charge in [0.05, 0.1) is 4.90 Å². The first kappa shape index (κ1) is 26.1. The smallest absolute Gasteiger partial charge is 0.243 e. The fraction of sp³-hybridized carbons (Fsp3) is 0.650. The van der Waals surface area contributed by atoms with E-state index >= 15 is 0 Å². The summed E-state index contributed by atoms with van der Waals surface area (Å²) in [4.78, 5) is 4.59. The third-order valence-corrected chi connectivity index (χ3v) is 6.68. The number of piperidine rings is 1. The number of aliphatic imine (C=N–C) groups is 1. The Morgan fingerprint density at radius 1 is 1.10 bits per heavy atom. The number of ether oxygens (including phenoxy) is 1. The van der Waals surface area contributed by atoms with E-state index in [0.717, 1.165) is 63.4 Å². The summed E-state index contributed by atoms with van der Waals surface area (Å²) in [6.07, 6.45) is 5.03. The average molecular weight is 538 g/mol. The molecule has 0 bridgehead atoms. The van der Waals surface area contributed by atoms with Gasteiger partial charge in [-0.1, -0.05) is 18.6 Å². The molecule has 2 rings (SSSR count).